The number of para-hydroxylation sites is 2. The third-order valence-electron chi connectivity index (χ3n) is 5.26. The van der Waals surface area contributed by atoms with Gasteiger partial charge in [-0.2, -0.15) is 0 Å². The molecule has 0 bridgehead atoms. The fourth-order valence-corrected chi connectivity index (χ4v) is 3.69. The van der Waals surface area contributed by atoms with Crippen molar-refractivity contribution in [3.8, 4) is 0 Å². The first-order valence-corrected chi connectivity index (χ1v) is 9.25. The fraction of sp³-hybridized carbons (Fsp3) is 0.526. The smallest absolute Gasteiger partial charge is 0.274 e. The summed E-state index contributed by atoms with van der Waals surface area (Å²) in [5.41, 5.74) is 2.05. The van der Waals surface area contributed by atoms with Crippen molar-refractivity contribution in [3.63, 3.8) is 0 Å². The topological polar surface area (TPSA) is 52.6 Å². The normalized spacial score (nSPS) is 19.6. The second-order valence-electron chi connectivity index (χ2n) is 6.93. The summed E-state index contributed by atoms with van der Waals surface area (Å²) in [6, 6.07) is 7.66. The van der Waals surface area contributed by atoms with E-state index in [-0.39, 0.29) is 5.91 Å². The highest BCUT2D eigenvalue weighted by Gasteiger charge is 2.24. The first kappa shape index (κ1) is 16.4. The number of likely N-dealkylation sites (tertiary alicyclic amines) is 1. The Kier molecular flexibility index (Phi) is 4.90. The van der Waals surface area contributed by atoms with Gasteiger partial charge in [0.2, 0.25) is 0 Å². The minimum absolute atomic E-state index is 0.00236. The van der Waals surface area contributed by atoms with Crippen LogP contribution in [0.3, 0.4) is 0 Å². The van der Waals surface area contributed by atoms with E-state index in [0.29, 0.717) is 5.69 Å². The number of carbonyl (C=O) groups is 1. The molecule has 25 heavy (non-hydrogen) atoms. The van der Waals surface area contributed by atoms with Crippen LogP contribution in [-0.2, 0) is 0 Å². The summed E-state index contributed by atoms with van der Waals surface area (Å²) >= 11 is 0. The standard InChI is InChI=1S/C19H25N5O/c25-19(18-15-20-16-5-1-2-6-17(16)21-18)24-13-11-23(12-14-24)10-9-22-7-3-4-8-22/h1-2,5-6,15H,3-4,7-14H2. The van der Waals surface area contributed by atoms with Gasteiger partial charge in [0, 0.05) is 39.3 Å². The molecule has 0 saturated carbocycles. The maximum absolute atomic E-state index is 12.7. The van der Waals surface area contributed by atoms with E-state index in [0.717, 1.165) is 50.3 Å². The zero-order valence-electron chi connectivity index (χ0n) is 14.6. The number of rotatable bonds is 4. The largest absolute Gasteiger partial charge is 0.335 e. The highest BCUT2D eigenvalue weighted by atomic mass is 16.2. The first-order chi connectivity index (χ1) is 12.3. The van der Waals surface area contributed by atoms with E-state index in [1.54, 1.807) is 6.20 Å². The van der Waals surface area contributed by atoms with Crippen LogP contribution >= 0.6 is 0 Å². The van der Waals surface area contributed by atoms with Gasteiger partial charge in [0.15, 0.2) is 0 Å². The van der Waals surface area contributed by atoms with Crippen LogP contribution in [0.5, 0.6) is 0 Å². The number of hydrogen-bond acceptors (Lipinski definition) is 5. The third-order valence-corrected chi connectivity index (χ3v) is 5.26. The van der Waals surface area contributed by atoms with E-state index in [1.165, 1.54) is 25.9 Å². The highest BCUT2D eigenvalue weighted by Crippen LogP contribution is 2.12. The van der Waals surface area contributed by atoms with Crippen LogP contribution in [0, 0.1) is 0 Å². The Morgan fingerprint density at radius 2 is 1.52 bits per heavy atom. The molecule has 132 valence electrons. The molecular formula is C19H25N5O. The van der Waals surface area contributed by atoms with Gasteiger partial charge in [-0.15, -0.1) is 0 Å². The first-order valence-electron chi connectivity index (χ1n) is 9.25. The summed E-state index contributed by atoms with van der Waals surface area (Å²) in [5, 5.41) is 0. The molecule has 0 aliphatic carbocycles. The second-order valence-corrected chi connectivity index (χ2v) is 6.93. The zero-order chi connectivity index (χ0) is 17.1. The van der Waals surface area contributed by atoms with Crippen LogP contribution in [0.25, 0.3) is 11.0 Å². The average Bonchev–Trinajstić information content (AvgIpc) is 3.19. The minimum atomic E-state index is -0.00236. The van der Waals surface area contributed by atoms with E-state index < -0.39 is 0 Å². The second kappa shape index (κ2) is 7.45. The van der Waals surface area contributed by atoms with Gasteiger partial charge in [-0.05, 0) is 38.1 Å². The van der Waals surface area contributed by atoms with Gasteiger partial charge in [-0.3, -0.25) is 14.7 Å². The highest BCUT2D eigenvalue weighted by molar-refractivity contribution is 5.93. The van der Waals surface area contributed by atoms with Crippen molar-refractivity contribution in [2.24, 2.45) is 0 Å². The maximum atomic E-state index is 12.7. The molecule has 2 saturated heterocycles. The lowest BCUT2D eigenvalue weighted by atomic mass is 10.2. The lowest BCUT2D eigenvalue weighted by Crippen LogP contribution is -2.50. The molecular weight excluding hydrogens is 314 g/mol. The SMILES string of the molecule is O=C(c1cnc2ccccc2n1)N1CCN(CCN2CCCC2)CC1. The van der Waals surface area contributed by atoms with Crippen LogP contribution < -0.4 is 0 Å². The molecule has 0 spiro atoms. The van der Waals surface area contributed by atoms with E-state index in [4.69, 9.17) is 0 Å². The monoisotopic (exact) mass is 339 g/mol. The van der Waals surface area contributed by atoms with Crippen molar-refractivity contribution in [1.82, 2.24) is 24.7 Å². The van der Waals surface area contributed by atoms with Crippen molar-refractivity contribution >= 4 is 16.9 Å². The Morgan fingerprint density at radius 3 is 2.24 bits per heavy atom. The van der Waals surface area contributed by atoms with Gasteiger partial charge < -0.3 is 9.80 Å². The van der Waals surface area contributed by atoms with Crippen LogP contribution in [-0.4, -0.2) is 82.9 Å². The van der Waals surface area contributed by atoms with Crippen LogP contribution in [0.2, 0.25) is 0 Å². The minimum Gasteiger partial charge on any atom is -0.335 e. The van der Waals surface area contributed by atoms with Crippen molar-refractivity contribution in [1.29, 1.82) is 0 Å². The Labute approximate surface area is 148 Å². The van der Waals surface area contributed by atoms with E-state index >= 15 is 0 Å². The Bertz CT molecular complexity index is 735. The molecule has 1 aromatic carbocycles. The Balaban J connectivity index is 1.32. The number of hydrogen-bond donors (Lipinski definition) is 0. The lowest BCUT2D eigenvalue weighted by Gasteiger charge is -2.35. The quantitative estimate of drug-likeness (QED) is 0.845. The van der Waals surface area contributed by atoms with Crippen molar-refractivity contribution < 1.29 is 4.79 Å². The average molecular weight is 339 g/mol. The molecule has 2 fully saturated rings. The molecule has 4 rings (SSSR count). The Hall–Kier alpha value is -2.05. The summed E-state index contributed by atoms with van der Waals surface area (Å²) in [6.07, 6.45) is 4.29. The molecule has 1 aromatic heterocycles. The molecule has 2 aliphatic rings. The molecule has 0 N–H and O–H groups in total. The van der Waals surface area contributed by atoms with Gasteiger partial charge in [0.05, 0.1) is 17.2 Å². The summed E-state index contributed by atoms with van der Waals surface area (Å²) in [7, 11) is 0. The molecule has 2 aliphatic heterocycles. The van der Waals surface area contributed by atoms with Gasteiger partial charge in [0.1, 0.15) is 5.69 Å². The molecule has 3 heterocycles. The predicted octanol–water partition coefficient (Wildman–Crippen LogP) is 1.48. The van der Waals surface area contributed by atoms with Crippen molar-refractivity contribution in [2.75, 3.05) is 52.4 Å². The van der Waals surface area contributed by atoms with Gasteiger partial charge in [0.25, 0.3) is 5.91 Å². The summed E-state index contributed by atoms with van der Waals surface area (Å²) < 4.78 is 0. The lowest BCUT2D eigenvalue weighted by molar-refractivity contribution is 0.0621. The van der Waals surface area contributed by atoms with E-state index in [2.05, 4.69) is 19.8 Å². The summed E-state index contributed by atoms with van der Waals surface area (Å²) in [6.45, 7) is 8.20. The van der Waals surface area contributed by atoms with Crippen LogP contribution in [0.15, 0.2) is 30.5 Å². The molecule has 0 atom stereocenters. The predicted molar refractivity (Wildman–Crippen MR) is 97.6 cm³/mol. The molecule has 0 radical (unpaired) electrons. The molecule has 6 nitrogen and oxygen atoms in total. The molecule has 6 heteroatoms. The molecule has 1 amide bonds. The number of benzene rings is 1. The maximum Gasteiger partial charge on any atom is 0.274 e. The van der Waals surface area contributed by atoms with Gasteiger partial charge in [-0.1, -0.05) is 12.1 Å². The number of nitrogens with zero attached hydrogens (tertiary/aromatic N) is 5. The van der Waals surface area contributed by atoms with Crippen LogP contribution in [0.4, 0.5) is 0 Å². The molecule has 2 aromatic rings. The van der Waals surface area contributed by atoms with E-state index in [9.17, 15) is 4.79 Å². The van der Waals surface area contributed by atoms with Gasteiger partial charge in [-0.25, -0.2) is 4.98 Å². The summed E-state index contributed by atoms with van der Waals surface area (Å²) in [5.74, 6) is -0.00236. The number of aromatic nitrogens is 2. The van der Waals surface area contributed by atoms with Gasteiger partial charge >= 0.3 is 0 Å². The summed E-state index contributed by atoms with van der Waals surface area (Å²) in [4.78, 5) is 28.5. The third kappa shape index (κ3) is 3.80. The number of carbonyl (C=O) groups excluding carboxylic acids is 1. The molecule has 0 unspecified atom stereocenters. The van der Waals surface area contributed by atoms with Crippen molar-refractivity contribution in [2.45, 2.75) is 12.8 Å². The zero-order valence-corrected chi connectivity index (χ0v) is 14.6. The Morgan fingerprint density at radius 1 is 0.880 bits per heavy atom. The van der Waals surface area contributed by atoms with Crippen LogP contribution in [0.1, 0.15) is 23.3 Å². The number of piperazine rings is 1. The fourth-order valence-electron chi connectivity index (χ4n) is 3.69. The van der Waals surface area contributed by atoms with Crippen molar-refractivity contribution in [3.05, 3.63) is 36.2 Å². The van der Waals surface area contributed by atoms with E-state index in [1.807, 2.05) is 29.2 Å². The number of fused-ring (bicyclic) bond motifs is 1. The number of amides is 1.